The average molecular weight is 226 g/mol. The predicted molar refractivity (Wildman–Crippen MR) is 74.6 cm³/mol. The highest BCUT2D eigenvalue weighted by molar-refractivity contribution is 4.91. The van der Waals surface area contributed by atoms with Crippen LogP contribution in [0.4, 0.5) is 0 Å². The van der Waals surface area contributed by atoms with Crippen molar-refractivity contribution in [1.82, 2.24) is 0 Å². The van der Waals surface area contributed by atoms with Crippen molar-refractivity contribution in [2.24, 2.45) is 0 Å². The van der Waals surface area contributed by atoms with E-state index in [9.17, 15) is 0 Å². The maximum atomic E-state index is 4.10. The zero-order valence-corrected chi connectivity index (χ0v) is 12.0. The number of hydrogen-bond acceptors (Lipinski definition) is 0. The molecule has 1 nitrogen and oxygen atoms in total. The van der Waals surface area contributed by atoms with Gasteiger partial charge in [-0.2, -0.15) is 0 Å². The highest BCUT2D eigenvalue weighted by atomic mass is 15.3. The lowest BCUT2D eigenvalue weighted by Crippen LogP contribution is -2.49. The molecule has 0 aromatic rings. The average Bonchev–Trinajstić information content (AvgIpc) is 2.29. The summed E-state index contributed by atoms with van der Waals surface area (Å²) in [5.74, 6) is 0. The molecular weight excluding hydrogens is 194 g/mol. The molecule has 0 radical (unpaired) electrons. The Labute approximate surface area is 103 Å². The molecule has 96 valence electrons. The van der Waals surface area contributed by atoms with Crippen molar-refractivity contribution in [3.63, 3.8) is 0 Å². The monoisotopic (exact) mass is 226 g/mol. The number of hydrogen-bond donors (Lipinski definition) is 0. The van der Waals surface area contributed by atoms with Gasteiger partial charge in [-0.3, -0.25) is 0 Å². The lowest BCUT2D eigenvalue weighted by atomic mass is 10.1. The molecule has 0 unspecified atom stereocenters. The van der Waals surface area contributed by atoms with Crippen LogP contribution in [0.1, 0.15) is 59.8 Å². The highest BCUT2D eigenvalue weighted by Crippen LogP contribution is 2.14. The van der Waals surface area contributed by atoms with E-state index in [1.165, 1.54) is 61.9 Å². The van der Waals surface area contributed by atoms with Gasteiger partial charge in [0, 0.05) is 6.42 Å². The van der Waals surface area contributed by atoms with Gasteiger partial charge in [-0.15, -0.1) is 0 Å². The quantitative estimate of drug-likeness (QED) is 0.383. The summed E-state index contributed by atoms with van der Waals surface area (Å²) >= 11 is 0. The molecule has 0 saturated carbocycles. The summed E-state index contributed by atoms with van der Waals surface area (Å²) < 4.78 is 1.32. The Hall–Kier alpha value is -0.300. The van der Waals surface area contributed by atoms with E-state index in [1.807, 2.05) is 0 Å². The molecule has 0 aliphatic carbocycles. The Morgan fingerprint density at radius 1 is 0.938 bits per heavy atom. The lowest BCUT2D eigenvalue weighted by Gasteiger charge is -2.37. The minimum atomic E-state index is 1.15. The van der Waals surface area contributed by atoms with Crippen molar-refractivity contribution in [2.45, 2.75) is 59.8 Å². The molecule has 1 heteroatoms. The molecule has 16 heavy (non-hydrogen) atoms. The molecule has 0 amide bonds. The lowest BCUT2D eigenvalue weighted by molar-refractivity contribution is -0.926. The Balaban J connectivity index is 4.13. The van der Waals surface area contributed by atoms with Crippen molar-refractivity contribution in [1.29, 1.82) is 0 Å². The van der Waals surface area contributed by atoms with E-state index in [4.69, 9.17) is 0 Å². The smallest absolute Gasteiger partial charge is 0.0789 e. The van der Waals surface area contributed by atoms with E-state index < -0.39 is 0 Å². The molecular formula is C15H32N+. The zero-order chi connectivity index (χ0) is 12.4. The van der Waals surface area contributed by atoms with Crippen LogP contribution in [-0.2, 0) is 0 Å². The Morgan fingerprint density at radius 3 is 1.88 bits per heavy atom. The first-order valence-corrected chi connectivity index (χ1v) is 7.15. The Morgan fingerprint density at radius 2 is 1.50 bits per heavy atom. The molecule has 0 rings (SSSR count). The van der Waals surface area contributed by atoms with E-state index in [1.54, 1.807) is 0 Å². The van der Waals surface area contributed by atoms with Gasteiger partial charge >= 0.3 is 0 Å². The van der Waals surface area contributed by atoms with Crippen LogP contribution in [0.2, 0.25) is 0 Å². The van der Waals surface area contributed by atoms with Crippen LogP contribution in [-0.4, -0.2) is 30.7 Å². The summed E-state index contributed by atoms with van der Waals surface area (Å²) in [7, 11) is 0. The topological polar surface area (TPSA) is 0 Å². The minimum absolute atomic E-state index is 1.15. The third-order valence-electron chi connectivity index (χ3n) is 3.73. The molecule has 0 aromatic heterocycles. The molecule has 0 aliphatic heterocycles. The fourth-order valence-electron chi connectivity index (χ4n) is 2.60. The van der Waals surface area contributed by atoms with Crippen molar-refractivity contribution < 1.29 is 4.48 Å². The minimum Gasteiger partial charge on any atom is -0.324 e. The summed E-state index contributed by atoms with van der Waals surface area (Å²) in [5.41, 5.74) is 1.42. The van der Waals surface area contributed by atoms with Gasteiger partial charge in [0.05, 0.1) is 26.2 Å². The second-order valence-corrected chi connectivity index (χ2v) is 5.04. The fraction of sp³-hybridized carbons (Fsp3) is 0.867. The van der Waals surface area contributed by atoms with Gasteiger partial charge in [0.1, 0.15) is 0 Å². The van der Waals surface area contributed by atoms with Gasteiger partial charge in [0.15, 0.2) is 0 Å². The molecule has 0 aliphatic rings. The van der Waals surface area contributed by atoms with Gasteiger partial charge < -0.3 is 4.48 Å². The number of rotatable bonds is 10. The second-order valence-electron chi connectivity index (χ2n) is 5.04. The van der Waals surface area contributed by atoms with Crippen LogP contribution in [0.5, 0.6) is 0 Å². The predicted octanol–water partition coefficient (Wildman–Crippen LogP) is 4.39. The summed E-state index contributed by atoms with van der Waals surface area (Å²) in [6, 6.07) is 0. The van der Waals surface area contributed by atoms with Crippen LogP contribution in [0.3, 0.4) is 0 Å². The van der Waals surface area contributed by atoms with Crippen LogP contribution < -0.4 is 0 Å². The molecule has 0 heterocycles. The molecule has 0 fully saturated rings. The first-order valence-electron chi connectivity index (χ1n) is 7.15. The standard InChI is InChI=1S/C15H32N/c1-6-12-16(9-4,13-7-2)14-10-11-15(5)8-3/h5-14H2,1-4H3/q+1. The first kappa shape index (κ1) is 15.7. The van der Waals surface area contributed by atoms with Crippen LogP contribution in [0.25, 0.3) is 0 Å². The molecule has 0 bridgehead atoms. The highest BCUT2D eigenvalue weighted by Gasteiger charge is 2.22. The van der Waals surface area contributed by atoms with E-state index >= 15 is 0 Å². The third kappa shape index (κ3) is 5.69. The van der Waals surface area contributed by atoms with Gasteiger partial charge in [-0.05, 0) is 32.6 Å². The number of quaternary nitrogens is 1. The van der Waals surface area contributed by atoms with Gasteiger partial charge in [-0.25, -0.2) is 0 Å². The zero-order valence-electron chi connectivity index (χ0n) is 12.0. The maximum Gasteiger partial charge on any atom is 0.0789 e. The van der Waals surface area contributed by atoms with Crippen molar-refractivity contribution in [3.05, 3.63) is 12.2 Å². The molecule has 0 N–H and O–H groups in total. The van der Waals surface area contributed by atoms with Gasteiger partial charge in [0.2, 0.25) is 0 Å². The summed E-state index contributed by atoms with van der Waals surface area (Å²) in [6.45, 7) is 18.6. The molecule has 0 atom stereocenters. The molecule has 0 aromatic carbocycles. The van der Waals surface area contributed by atoms with Crippen molar-refractivity contribution in [3.8, 4) is 0 Å². The molecule has 0 spiro atoms. The maximum absolute atomic E-state index is 4.10. The SMILES string of the molecule is C=C(CC)CCC[N+](CC)(CCC)CCC. The van der Waals surface area contributed by atoms with Crippen LogP contribution in [0.15, 0.2) is 12.2 Å². The normalized spacial score (nSPS) is 11.8. The summed E-state index contributed by atoms with van der Waals surface area (Å²) in [4.78, 5) is 0. The van der Waals surface area contributed by atoms with E-state index in [-0.39, 0.29) is 0 Å². The number of nitrogens with zero attached hydrogens (tertiary/aromatic N) is 1. The van der Waals surface area contributed by atoms with Gasteiger partial charge in [0.25, 0.3) is 0 Å². The first-order chi connectivity index (χ1) is 7.64. The second kappa shape index (κ2) is 8.81. The van der Waals surface area contributed by atoms with Crippen LogP contribution >= 0.6 is 0 Å². The number of allylic oxidation sites excluding steroid dienone is 1. The largest absolute Gasteiger partial charge is 0.324 e. The van der Waals surface area contributed by atoms with E-state index in [2.05, 4.69) is 34.3 Å². The van der Waals surface area contributed by atoms with Crippen molar-refractivity contribution >= 4 is 0 Å². The fourth-order valence-corrected chi connectivity index (χ4v) is 2.60. The summed E-state index contributed by atoms with van der Waals surface area (Å²) in [6.07, 6.45) is 6.31. The van der Waals surface area contributed by atoms with Gasteiger partial charge in [-0.1, -0.05) is 32.9 Å². The van der Waals surface area contributed by atoms with Crippen LogP contribution in [0, 0.1) is 0 Å². The third-order valence-corrected chi connectivity index (χ3v) is 3.73. The van der Waals surface area contributed by atoms with Crippen molar-refractivity contribution in [2.75, 3.05) is 26.2 Å². The molecule has 0 saturated heterocycles. The van der Waals surface area contributed by atoms with E-state index in [0.717, 1.165) is 6.42 Å². The Bertz CT molecular complexity index is 178. The van der Waals surface area contributed by atoms with E-state index in [0.29, 0.717) is 0 Å². The Kier molecular flexibility index (Phi) is 8.64. The summed E-state index contributed by atoms with van der Waals surface area (Å²) in [5, 5.41) is 0.